The molecule has 1 unspecified atom stereocenters. The number of nitrogens with one attached hydrogen (secondary N) is 1. The average Bonchev–Trinajstić information content (AvgIpc) is 2.05. The number of hydrogen-bond acceptors (Lipinski definition) is 2. The maximum atomic E-state index is 11.2. The van der Waals surface area contributed by atoms with Crippen molar-refractivity contribution in [3.63, 3.8) is 0 Å². The lowest BCUT2D eigenvalue weighted by atomic mass is 10.2. The van der Waals surface area contributed by atoms with Crippen LogP contribution in [-0.4, -0.2) is 4.21 Å². The number of hydrogen-bond donors (Lipinski definition) is 1. The van der Waals surface area contributed by atoms with Gasteiger partial charge in [0.1, 0.15) is 0 Å². The zero-order valence-electron chi connectivity index (χ0n) is 6.57. The number of benzene rings is 1. The van der Waals surface area contributed by atoms with Crippen molar-refractivity contribution in [2.45, 2.75) is 11.8 Å². The van der Waals surface area contributed by atoms with Gasteiger partial charge in [-0.2, -0.15) is 5.26 Å². The van der Waals surface area contributed by atoms with Crippen LogP contribution < -0.4 is 4.72 Å². The molecular weight excluding hydrogens is 172 g/mol. The van der Waals surface area contributed by atoms with Crippen LogP contribution in [0.25, 0.3) is 0 Å². The van der Waals surface area contributed by atoms with E-state index in [4.69, 9.17) is 5.26 Å². The third kappa shape index (κ3) is 1.83. The van der Waals surface area contributed by atoms with Crippen molar-refractivity contribution in [3.8, 4) is 6.19 Å². The zero-order valence-corrected chi connectivity index (χ0v) is 7.39. The summed E-state index contributed by atoms with van der Waals surface area (Å²) in [4.78, 5) is 0.652. The lowest BCUT2D eigenvalue weighted by Gasteiger charge is -2.01. The van der Waals surface area contributed by atoms with E-state index >= 15 is 0 Å². The van der Waals surface area contributed by atoms with Gasteiger partial charge in [-0.15, -0.1) is 0 Å². The Hall–Kier alpha value is -1.34. The molecule has 1 aromatic rings. The Labute approximate surface area is 73.6 Å². The average molecular weight is 180 g/mol. The second-order valence-corrected chi connectivity index (χ2v) is 3.43. The third-order valence-electron chi connectivity index (χ3n) is 1.43. The summed E-state index contributed by atoms with van der Waals surface area (Å²) in [6, 6.07) is 7.24. The van der Waals surface area contributed by atoms with Gasteiger partial charge in [0.25, 0.3) is 0 Å². The second-order valence-electron chi connectivity index (χ2n) is 2.25. The molecule has 1 aromatic carbocycles. The maximum absolute atomic E-state index is 11.2. The summed E-state index contributed by atoms with van der Waals surface area (Å²) in [5.41, 5.74) is 0.915. The molecule has 0 heterocycles. The fourth-order valence-electron chi connectivity index (χ4n) is 0.861. The summed E-state index contributed by atoms with van der Waals surface area (Å²) in [7, 11) is -1.41. The van der Waals surface area contributed by atoms with Crippen molar-refractivity contribution in [3.05, 3.63) is 29.8 Å². The molecule has 1 N–H and O–H groups in total. The van der Waals surface area contributed by atoms with Crippen LogP contribution in [0, 0.1) is 18.4 Å². The minimum atomic E-state index is -1.41. The number of nitrogens with zero attached hydrogens (tertiary/aromatic N) is 1. The molecule has 0 spiro atoms. The second kappa shape index (κ2) is 3.88. The van der Waals surface area contributed by atoms with Gasteiger partial charge in [0, 0.05) is 0 Å². The molecule has 3 nitrogen and oxygen atoms in total. The van der Waals surface area contributed by atoms with Crippen molar-refractivity contribution < 1.29 is 4.21 Å². The highest BCUT2D eigenvalue weighted by atomic mass is 32.2. The molecule has 0 bridgehead atoms. The van der Waals surface area contributed by atoms with E-state index in [1.807, 2.05) is 19.1 Å². The fraction of sp³-hybridized carbons (Fsp3) is 0.125. The first-order valence-electron chi connectivity index (χ1n) is 3.38. The molecule has 0 aliphatic carbocycles. The molecule has 62 valence electrons. The lowest BCUT2D eigenvalue weighted by molar-refractivity contribution is 0.679. The summed E-state index contributed by atoms with van der Waals surface area (Å²) < 4.78 is 13.4. The first-order chi connectivity index (χ1) is 5.75. The molecule has 1 atom stereocenters. The Bertz CT molecular complexity index is 343. The maximum Gasteiger partial charge on any atom is 0.189 e. The molecule has 12 heavy (non-hydrogen) atoms. The SMILES string of the molecule is Cc1ccccc1S(=O)NC#N. The summed E-state index contributed by atoms with van der Waals surface area (Å²) >= 11 is 0. The predicted octanol–water partition coefficient (Wildman–Crippen LogP) is 1.09. The van der Waals surface area contributed by atoms with Crippen LogP contribution in [0.5, 0.6) is 0 Å². The molecule has 0 amide bonds. The van der Waals surface area contributed by atoms with Crippen LogP contribution in [0.3, 0.4) is 0 Å². The molecule has 0 aliphatic rings. The minimum Gasteiger partial charge on any atom is -0.237 e. The molecule has 0 saturated heterocycles. The van der Waals surface area contributed by atoms with Gasteiger partial charge in [-0.05, 0) is 18.6 Å². The van der Waals surface area contributed by atoms with Gasteiger partial charge in [-0.25, -0.2) is 8.93 Å². The Morgan fingerprint density at radius 1 is 1.50 bits per heavy atom. The van der Waals surface area contributed by atoms with Crippen LogP contribution in [0.15, 0.2) is 29.2 Å². The number of aryl methyl sites for hydroxylation is 1. The summed E-state index contributed by atoms with van der Waals surface area (Å²) in [5.74, 6) is 0. The van der Waals surface area contributed by atoms with Crippen LogP contribution >= 0.6 is 0 Å². The minimum absolute atomic E-state index is 0.652. The predicted molar refractivity (Wildman–Crippen MR) is 46.3 cm³/mol. The molecule has 0 fully saturated rings. The smallest absolute Gasteiger partial charge is 0.189 e. The highest BCUT2D eigenvalue weighted by Gasteiger charge is 2.03. The van der Waals surface area contributed by atoms with E-state index < -0.39 is 11.0 Å². The Kier molecular flexibility index (Phi) is 2.83. The molecular formula is C8H8N2OS. The number of nitriles is 1. The van der Waals surface area contributed by atoms with E-state index in [-0.39, 0.29) is 0 Å². The van der Waals surface area contributed by atoms with Crippen molar-refractivity contribution in [1.29, 1.82) is 5.26 Å². The topological polar surface area (TPSA) is 52.9 Å². The van der Waals surface area contributed by atoms with E-state index in [1.54, 1.807) is 18.3 Å². The van der Waals surface area contributed by atoms with Crippen molar-refractivity contribution in [2.24, 2.45) is 0 Å². The van der Waals surface area contributed by atoms with E-state index in [0.29, 0.717) is 4.90 Å². The molecule has 1 rings (SSSR count). The van der Waals surface area contributed by atoms with Gasteiger partial charge in [-0.3, -0.25) is 0 Å². The summed E-state index contributed by atoms with van der Waals surface area (Å²) in [6.07, 6.45) is 1.64. The van der Waals surface area contributed by atoms with Crippen LogP contribution in [0.2, 0.25) is 0 Å². The summed E-state index contributed by atoms with van der Waals surface area (Å²) in [6.45, 7) is 1.85. The highest BCUT2D eigenvalue weighted by Crippen LogP contribution is 2.09. The van der Waals surface area contributed by atoms with Crippen molar-refractivity contribution in [2.75, 3.05) is 0 Å². The van der Waals surface area contributed by atoms with Crippen molar-refractivity contribution >= 4 is 11.0 Å². The van der Waals surface area contributed by atoms with Gasteiger partial charge in [0.15, 0.2) is 17.2 Å². The molecule has 0 radical (unpaired) electrons. The van der Waals surface area contributed by atoms with Gasteiger partial charge < -0.3 is 0 Å². The Balaban J connectivity index is 2.97. The highest BCUT2D eigenvalue weighted by molar-refractivity contribution is 7.83. The van der Waals surface area contributed by atoms with Crippen LogP contribution in [-0.2, 0) is 11.0 Å². The Morgan fingerprint density at radius 3 is 2.75 bits per heavy atom. The lowest BCUT2D eigenvalue weighted by Crippen LogP contribution is -2.10. The van der Waals surface area contributed by atoms with Crippen LogP contribution in [0.1, 0.15) is 5.56 Å². The molecule has 0 aliphatic heterocycles. The van der Waals surface area contributed by atoms with E-state index in [9.17, 15) is 4.21 Å². The van der Waals surface area contributed by atoms with E-state index in [2.05, 4.69) is 4.72 Å². The van der Waals surface area contributed by atoms with Gasteiger partial charge in [0.05, 0.1) is 4.90 Å². The number of rotatable bonds is 2. The van der Waals surface area contributed by atoms with Gasteiger partial charge in [0.2, 0.25) is 0 Å². The van der Waals surface area contributed by atoms with Crippen molar-refractivity contribution in [1.82, 2.24) is 4.72 Å². The van der Waals surface area contributed by atoms with Crippen LogP contribution in [0.4, 0.5) is 0 Å². The molecule has 4 heteroatoms. The fourth-order valence-corrected chi connectivity index (χ4v) is 1.62. The van der Waals surface area contributed by atoms with E-state index in [0.717, 1.165) is 5.56 Å². The first kappa shape index (κ1) is 8.75. The summed E-state index contributed by atoms with van der Waals surface area (Å²) in [5, 5.41) is 8.23. The first-order valence-corrected chi connectivity index (χ1v) is 4.53. The normalized spacial score (nSPS) is 11.7. The largest absolute Gasteiger partial charge is 0.237 e. The quantitative estimate of drug-likeness (QED) is 0.547. The van der Waals surface area contributed by atoms with Gasteiger partial charge in [-0.1, -0.05) is 18.2 Å². The molecule has 0 saturated carbocycles. The third-order valence-corrected chi connectivity index (χ3v) is 2.57. The van der Waals surface area contributed by atoms with Gasteiger partial charge >= 0.3 is 0 Å². The zero-order chi connectivity index (χ0) is 8.97. The monoisotopic (exact) mass is 180 g/mol. The Morgan fingerprint density at radius 2 is 2.17 bits per heavy atom. The molecule has 0 aromatic heterocycles. The standard InChI is InChI=1S/C8H8N2OS/c1-7-4-2-3-5-8(7)12(11)10-6-9/h2-5,10H,1H3. The van der Waals surface area contributed by atoms with E-state index in [1.165, 1.54) is 0 Å².